The standard InChI is InChI=1S/C22H20N4O3S/c1-13(27)24-14-7-10-19(15(12-14)16-6-4-5-11-23-16)30-22-25-20-17(28-2)8-9-18(29-3)21(20)26-22/h4-12H,1-3H3,(H,24,27)(H,25,26). The molecule has 0 radical (unpaired) electrons. The molecule has 4 rings (SSSR count). The molecule has 152 valence electrons. The Kier molecular flexibility index (Phi) is 5.58. The van der Waals surface area contributed by atoms with Crippen molar-refractivity contribution < 1.29 is 14.3 Å². The van der Waals surface area contributed by atoms with Gasteiger partial charge < -0.3 is 19.8 Å². The van der Waals surface area contributed by atoms with Crippen LogP contribution in [0.15, 0.2) is 64.8 Å². The minimum Gasteiger partial charge on any atom is -0.494 e. The molecule has 2 N–H and O–H groups in total. The highest BCUT2D eigenvalue weighted by Crippen LogP contribution is 2.39. The Morgan fingerprint density at radius 1 is 1.07 bits per heavy atom. The predicted octanol–water partition coefficient (Wildman–Crippen LogP) is 4.75. The maximum Gasteiger partial charge on any atom is 0.221 e. The zero-order valence-electron chi connectivity index (χ0n) is 16.7. The average molecular weight is 420 g/mol. The maximum absolute atomic E-state index is 11.5. The molecule has 2 aromatic heterocycles. The molecule has 0 saturated heterocycles. The second-order valence-electron chi connectivity index (χ2n) is 6.44. The molecule has 8 heteroatoms. The van der Waals surface area contributed by atoms with E-state index in [1.807, 2.05) is 48.5 Å². The molecule has 0 bridgehead atoms. The lowest BCUT2D eigenvalue weighted by Gasteiger charge is -2.10. The van der Waals surface area contributed by atoms with Crippen molar-refractivity contribution in [1.82, 2.24) is 15.0 Å². The van der Waals surface area contributed by atoms with Gasteiger partial charge in [0.05, 0.1) is 19.9 Å². The number of H-pyrrole nitrogens is 1. The number of benzene rings is 2. The van der Waals surface area contributed by atoms with Crippen LogP contribution in [0.3, 0.4) is 0 Å². The van der Waals surface area contributed by atoms with Crippen LogP contribution < -0.4 is 14.8 Å². The maximum atomic E-state index is 11.5. The van der Waals surface area contributed by atoms with E-state index in [0.717, 1.165) is 21.7 Å². The van der Waals surface area contributed by atoms with Crippen LogP contribution in [0.5, 0.6) is 11.5 Å². The highest BCUT2D eigenvalue weighted by Gasteiger charge is 2.16. The summed E-state index contributed by atoms with van der Waals surface area (Å²) in [5, 5.41) is 3.52. The summed E-state index contributed by atoms with van der Waals surface area (Å²) < 4.78 is 10.9. The number of aromatic nitrogens is 3. The van der Waals surface area contributed by atoms with Gasteiger partial charge in [0.2, 0.25) is 5.91 Å². The fourth-order valence-corrected chi connectivity index (χ4v) is 4.04. The average Bonchev–Trinajstić information content (AvgIpc) is 3.18. The summed E-state index contributed by atoms with van der Waals surface area (Å²) in [5.74, 6) is 1.23. The third-order valence-electron chi connectivity index (χ3n) is 4.44. The van der Waals surface area contributed by atoms with Gasteiger partial charge in [-0.3, -0.25) is 9.78 Å². The number of pyridine rings is 1. The Morgan fingerprint density at radius 3 is 2.57 bits per heavy atom. The largest absolute Gasteiger partial charge is 0.494 e. The van der Waals surface area contributed by atoms with Gasteiger partial charge in [-0.25, -0.2) is 4.98 Å². The summed E-state index contributed by atoms with van der Waals surface area (Å²) in [4.78, 5) is 24.9. The van der Waals surface area contributed by atoms with Gasteiger partial charge in [-0.1, -0.05) is 17.8 Å². The van der Waals surface area contributed by atoms with Gasteiger partial charge in [0.25, 0.3) is 0 Å². The van der Waals surface area contributed by atoms with Gasteiger partial charge in [-0.05, 0) is 42.5 Å². The van der Waals surface area contributed by atoms with E-state index >= 15 is 0 Å². The van der Waals surface area contributed by atoms with E-state index in [1.54, 1.807) is 20.4 Å². The summed E-state index contributed by atoms with van der Waals surface area (Å²) in [7, 11) is 3.23. The number of nitrogens with one attached hydrogen (secondary N) is 2. The number of carbonyl (C=O) groups excluding carboxylic acids is 1. The molecular weight excluding hydrogens is 400 g/mol. The topological polar surface area (TPSA) is 89.1 Å². The number of anilines is 1. The first-order valence-electron chi connectivity index (χ1n) is 9.20. The van der Waals surface area contributed by atoms with E-state index in [1.165, 1.54) is 18.7 Å². The number of amides is 1. The van der Waals surface area contributed by atoms with Crippen LogP contribution in [0.2, 0.25) is 0 Å². The Hall–Kier alpha value is -3.52. The number of hydrogen-bond donors (Lipinski definition) is 2. The van der Waals surface area contributed by atoms with Crippen LogP contribution in [-0.4, -0.2) is 35.1 Å². The van der Waals surface area contributed by atoms with Crippen molar-refractivity contribution in [2.24, 2.45) is 0 Å². The molecular formula is C22H20N4O3S. The third-order valence-corrected chi connectivity index (χ3v) is 5.40. The molecule has 0 unspecified atom stereocenters. The van der Waals surface area contributed by atoms with Gasteiger partial charge in [0.1, 0.15) is 22.5 Å². The van der Waals surface area contributed by atoms with Crippen LogP contribution in [0.4, 0.5) is 5.69 Å². The molecule has 2 aromatic carbocycles. The van der Waals surface area contributed by atoms with E-state index in [-0.39, 0.29) is 5.91 Å². The van der Waals surface area contributed by atoms with Crippen molar-refractivity contribution in [3.05, 3.63) is 54.7 Å². The lowest BCUT2D eigenvalue weighted by molar-refractivity contribution is -0.114. The van der Waals surface area contributed by atoms with E-state index in [4.69, 9.17) is 14.5 Å². The van der Waals surface area contributed by atoms with Crippen LogP contribution in [0.1, 0.15) is 6.92 Å². The molecule has 0 aliphatic heterocycles. The lowest BCUT2D eigenvalue weighted by Crippen LogP contribution is -2.05. The van der Waals surface area contributed by atoms with Gasteiger partial charge in [-0.2, -0.15) is 0 Å². The highest BCUT2D eigenvalue weighted by atomic mass is 32.2. The lowest BCUT2D eigenvalue weighted by atomic mass is 10.1. The Morgan fingerprint density at radius 2 is 1.87 bits per heavy atom. The molecule has 0 aliphatic rings. The van der Waals surface area contributed by atoms with Gasteiger partial charge in [0.15, 0.2) is 5.16 Å². The number of methoxy groups -OCH3 is 2. The van der Waals surface area contributed by atoms with E-state index in [9.17, 15) is 4.79 Å². The van der Waals surface area contributed by atoms with Gasteiger partial charge >= 0.3 is 0 Å². The minimum atomic E-state index is -0.126. The fourth-order valence-electron chi connectivity index (χ4n) is 3.13. The van der Waals surface area contributed by atoms with Crippen molar-refractivity contribution in [3.8, 4) is 22.8 Å². The molecule has 7 nitrogen and oxygen atoms in total. The third kappa shape index (κ3) is 3.95. The summed E-state index contributed by atoms with van der Waals surface area (Å²) in [6.07, 6.45) is 1.74. The monoisotopic (exact) mass is 420 g/mol. The molecule has 2 heterocycles. The van der Waals surface area contributed by atoms with Crippen molar-refractivity contribution >= 4 is 34.4 Å². The van der Waals surface area contributed by atoms with E-state index in [0.29, 0.717) is 27.9 Å². The Balaban J connectivity index is 1.78. The number of aromatic amines is 1. The molecule has 4 aromatic rings. The summed E-state index contributed by atoms with van der Waals surface area (Å²) >= 11 is 1.47. The zero-order chi connectivity index (χ0) is 21.1. The van der Waals surface area contributed by atoms with Crippen LogP contribution >= 0.6 is 11.8 Å². The number of rotatable bonds is 6. The molecule has 0 aliphatic carbocycles. The number of imidazole rings is 1. The first-order valence-corrected chi connectivity index (χ1v) is 10.0. The number of carbonyl (C=O) groups is 1. The smallest absolute Gasteiger partial charge is 0.221 e. The predicted molar refractivity (Wildman–Crippen MR) is 117 cm³/mol. The van der Waals surface area contributed by atoms with Crippen molar-refractivity contribution in [1.29, 1.82) is 0 Å². The minimum absolute atomic E-state index is 0.126. The van der Waals surface area contributed by atoms with Gasteiger partial charge in [-0.15, -0.1) is 0 Å². The van der Waals surface area contributed by atoms with E-state index < -0.39 is 0 Å². The normalized spacial score (nSPS) is 10.8. The molecule has 1 amide bonds. The number of nitrogens with zero attached hydrogens (tertiary/aromatic N) is 2. The first-order chi connectivity index (χ1) is 14.6. The van der Waals surface area contributed by atoms with E-state index in [2.05, 4.69) is 15.3 Å². The zero-order valence-corrected chi connectivity index (χ0v) is 17.5. The second kappa shape index (κ2) is 8.46. The van der Waals surface area contributed by atoms with Crippen LogP contribution in [-0.2, 0) is 4.79 Å². The molecule has 0 saturated carbocycles. The quantitative estimate of drug-likeness (QED) is 0.468. The van der Waals surface area contributed by atoms with Crippen molar-refractivity contribution in [2.45, 2.75) is 17.0 Å². The van der Waals surface area contributed by atoms with Gasteiger partial charge in [0, 0.05) is 29.3 Å². The number of ether oxygens (including phenoxy) is 2. The Labute approximate surface area is 177 Å². The van der Waals surface area contributed by atoms with Crippen LogP contribution in [0.25, 0.3) is 22.3 Å². The fraction of sp³-hybridized carbons (Fsp3) is 0.136. The van der Waals surface area contributed by atoms with Crippen molar-refractivity contribution in [2.75, 3.05) is 19.5 Å². The molecule has 0 atom stereocenters. The number of hydrogen-bond acceptors (Lipinski definition) is 6. The van der Waals surface area contributed by atoms with Crippen LogP contribution in [0, 0.1) is 0 Å². The Bertz CT molecular complexity index is 1170. The summed E-state index contributed by atoms with van der Waals surface area (Å²) in [6.45, 7) is 1.48. The molecule has 0 fully saturated rings. The molecule has 30 heavy (non-hydrogen) atoms. The number of fused-ring (bicyclic) bond motifs is 1. The highest BCUT2D eigenvalue weighted by molar-refractivity contribution is 7.99. The van der Waals surface area contributed by atoms with Crippen molar-refractivity contribution in [3.63, 3.8) is 0 Å². The summed E-state index contributed by atoms with van der Waals surface area (Å²) in [6, 6.07) is 15.1. The first kappa shape index (κ1) is 19.8. The SMILES string of the molecule is COc1ccc(OC)c2[nH]c(Sc3ccc(NC(C)=O)cc3-c3ccccn3)nc12. The summed E-state index contributed by atoms with van der Waals surface area (Å²) in [5.41, 5.74) is 3.88. The second-order valence-corrected chi connectivity index (χ2v) is 7.48. The molecule has 0 spiro atoms.